The standard InChI is InChI=1S/C13H24N2O/c1-10-6-3-4-9-12(10)15(2)13(16)14-11-7-5-8-11/h10-12H,3-9H2,1-2H3,(H,14,16). The van der Waals surface area contributed by atoms with Crippen molar-refractivity contribution in [3.05, 3.63) is 0 Å². The van der Waals surface area contributed by atoms with Crippen LogP contribution in [0, 0.1) is 5.92 Å². The van der Waals surface area contributed by atoms with E-state index in [2.05, 4.69) is 12.2 Å². The number of carbonyl (C=O) groups is 1. The van der Waals surface area contributed by atoms with E-state index in [1.54, 1.807) is 0 Å². The summed E-state index contributed by atoms with van der Waals surface area (Å²) < 4.78 is 0. The third-order valence-electron chi connectivity index (χ3n) is 4.32. The lowest BCUT2D eigenvalue weighted by atomic mass is 9.85. The van der Waals surface area contributed by atoms with Gasteiger partial charge in [0.1, 0.15) is 0 Å². The quantitative estimate of drug-likeness (QED) is 0.768. The summed E-state index contributed by atoms with van der Waals surface area (Å²) in [4.78, 5) is 14.0. The van der Waals surface area contributed by atoms with Crippen molar-refractivity contribution in [3.63, 3.8) is 0 Å². The fourth-order valence-corrected chi connectivity index (χ4v) is 2.85. The lowest BCUT2D eigenvalue weighted by Gasteiger charge is -2.38. The minimum absolute atomic E-state index is 0.142. The molecule has 2 fully saturated rings. The van der Waals surface area contributed by atoms with Gasteiger partial charge in [-0.15, -0.1) is 0 Å². The van der Waals surface area contributed by atoms with Gasteiger partial charge in [-0.2, -0.15) is 0 Å². The Morgan fingerprint density at radius 1 is 1.12 bits per heavy atom. The molecule has 3 heteroatoms. The van der Waals surface area contributed by atoms with E-state index in [4.69, 9.17) is 0 Å². The van der Waals surface area contributed by atoms with E-state index in [0.29, 0.717) is 18.0 Å². The molecule has 0 aliphatic heterocycles. The third-order valence-corrected chi connectivity index (χ3v) is 4.32. The van der Waals surface area contributed by atoms with Crippen molar-refractivity contribution in [3.8, 4) is 0 Å². The summed E-state index contributed by atoms with van der Waals surface area (Å²) in [5.74, 6) is 0.658. The lowest BCUT2D eigenvalue weighted by Crippen LogP contribution is -2.51. The van der Waals surface area contributed by atoms with Crippen LogP contribution in [0.3, 0.4) is 0 Å². The molecule has 0 aromatic carbocycles. The van der Waals surface area contributed by atoms with Gasteiger partial charge in [0.05, 0.1) is 0 Å². The molecule has 0 radical (unpaired) electrons. The average molecular weight is 224 g/mol. The van der Waals surface area contributed by atoms with E-state index >= 15 is 0 Å². The van der Waals surface area contributed by atoms with E-state index in [1.807, 2.05) is 11.9 Å². The Hall–Kier alpha value is -0.730. The first-order valence-corrected chi connectivity index (χ1v) is 6.72. The van der Waals surface area contributed by atoms with Gasteiger partial charge in [0.25, 0.3) is 0 Å². The Morgan fingerprint density at radius 2 is 1.81 bits per heavy atom. The molecule has 0 aromatic rings. The maximum absolute atomic E-state index is 12.0. The molecule has 2 saturated carbocycles. The summed E-state index contributed by atoms with van der Waals surface area (Å²) in [7, 11) is 1.96. The molecule has 0 spiro atoms. The fourth-order valence-electron chi connectivity index (χ4n) is 2.85. The molecule has 0 heterocycles. The highest BCUT2D eigenvalue weighted by molar-refractivity contribution is 5.74. The monoisotopic (exact) mass is 224 g/mol. The molecule has 2 rings (SSSR count). The molecule has 2 atom stereocenters. The first kappa shape index (κ1) is 11.7. The van der Waals surface area contributed by atoms with Crippen molar-refractivity contribution >= 4 is 6.03 Å². The number of hydrogen-bond donors (Lipinski definition) is 1. The largest absolute Gasteiger partial charge is 0.335 e. The zero-order valence-corrected chi connectivity index (χ0v) is 10.5. The van der Waals surface area contributed by atoms with Crippen LogP contribution in [0.25, 0.3) is 0 Å². The van der Waals surface area contributed by atoms with Crippen LogP contribution in [-0.4, -0.2) is 30.1 Å². The molecule has 2 aliphatic carbocycles. The Morgan fingerprint density at radius 3 is 2.38 bits per heavy atom. The number of rotatable bonds is 2. The van der Waals surface area contributed by atoms with Crippen molar-refractivity contribution < 1.29 is 4.79 Å². The van der Waals surface area contributed by atoms with Gasteiger partial charge >= 0.3 is 6.03 Å². The van der Waals surface area contributed by atoms with E-state index in [1.165, 1.54) is 44.9 Å². The zero-order valence-electron chi connectivity index (χ0n) is 10.5. The van der Waals surface area contributed by atoms with E-state index < -0.39 is 0 Å². The van der Waals surface area contributed by atoms with Crippen LogP contribution < -0.4 is 5.32 Å². The number of nitrogens with one attached hydrogen (secondary N) is 1. The summed E-state index contributed by atoms with van der Waals surface area (Å²) in [5.41, 5.74) is 0. The Balaban J connectivity index is 1.84. The normalized spacial score (nSPS) is 30.6. The number of amides is 2. The van der Waals surface area contributed by atoms with E-state index in [-0.39, 0.29) is 6.03 Å². The van der Waals surface area contributed by atoms with Crippen LogP contribution in [0.1, 0.15) is 51.9 Å². The third kappa shape index (κ3) is 2.50. The van der Waals surface area contributed by atoms with Gasteiger partial charge < -0.3 is 10.2 Å². The second kappa shape index (κ2) is 5.07. The topological polar surface area (TPSA) is 32.3 Å². The van der Waals surface area contributed by atoms with E-state index in [0.717, 1.165) is 0 Å². The second-order valence-corrected chi connectivity index (χ2v) is 5.52. The van der Waals surface area contributed by atoms with Crippen LogP contribution >= 0.6 is 0 Å². The Bertz CT molecular complexity index is 250. The molecule has 3 nitrogen and oxygen atoms in total. The van der Waals surface area contributed by atoms with Gasteiger partial charge in [-0.25, -0.2) is 4.79 Å². The first-order chi connectivity index (χ1) is 7.68. The highest BCUT2D eigenvalue weighted by Crippen LogP contribution is 2.27. The van der Waals surface area contributed by atoms with Crippen molar-refractivity contribution in [2.24, 2.45) is 5.92 Å². The molecular formula is C13H24N2O. The Kier molecular flexibility index (Phi) is 3.72. The molecule has 92 valence electrons. The predicted molar refractivity (Wildman–Crippen MR) is 65.4 cm³/mol. The van der Waals surface area contributed by atoms with Crippen molar-refractivity contribution in [1.29, 1.82) is 0 Å². The van der Waals surface area contributed by atoms with Crippen molar-refractivity contribution in [2.75, 3.05) is 7.05 Å². The van der Waals surface area contributed by atoms with Crippen molar-refractivity contribution in [1.82, 2.24) is 10.2 Å². The molecule has 16 heavy (non-hydrogen) atoms. The lowest BCUT2D eigenvalue weighted by molar-refractivity contribution is 0.138. The van der Waals surface area contributed by atoms with Gasteiger partial charge in [0.15, 0.2) is 0 Å². The SMILES string of the molecule is CC1CCCCC1N(C)C(=O)NC1CCC1. The summed E-state index contributed by atoms with van der Waals surface area (Å²) >= 11 is 0. The van der Waals surface area contributed by atoms with Crippen LogP contribution in [0.2, 0.25) is 0 Å². The molecule has 0 aromatic heterocycles. The first-order valence-electron chi connectivity index (χ1n) is 6.72. The van der Waals surface area contributed by atoms with Crippen LogP contribution in [-0.2, 0) is 0 Å². The summed E-state index contributed by atoms with van der Waals surface area (Å²) in [6.45, 7) is 2.27. The molecule has 2 aliphatic rings. The van der Waals surface area contributed by atoms with Gasteiger partial charge in [-0.05, 0) is 38.0 Å². The second-order valence-electron chi connectivity index (χ2n) is 5.52. The minimum atomic E-state index is 0.142. The highest BCUT2D eigenvalue weighted by Gasteiger charge is 2.29. The maximum Gasteiger partial charge on any atom is 0.317 e. The summed E-state index contributed by atoms with van der Waals surface area (Å²) in [6.07, 6.45) is 8.65. The molecule has 0 saturated heterocycles. The highest BCUT2D eigenvalue weighted by atomic mass is 16.2. The predicted octanol–water partition coefficient (Wildman–Crippen LogP) is 2.76. The average Bonchev–Trinajstić information content (AvgIpc) is 2.23. The van der Waals surface area contributed by atoms with Crippen LogP contribution in [0.15, 0.2) is 0 Å². The zero-order chi connectivity index (χ0) is 11.5. The maximum atomic E-state index is 12.0. The van der Waals surface area contributed by atoms with Gasteiger partial charge in [0.2, 0.25) is 0 Å². The summed E-state index contributed by atoms with van der Waals surface area (Å²) in [6, 6.07) is 1.05. The van der Waals surface area contributed by atoms with Gasteiger partial charge in [0, 0.05) is 19.1 Å². The number of hydrogen-bond acceptors (Lipinski definition) is 1. The van der Waals surface area contributed by atoms with E-state index in [9.17, 15) is 4.79 Å². The molecule has 0 bridgehead atoms. The Labute approximate surface area is 98.6 Å². The van der Waals surface area contributed by atoms with Crippen LogP contribution in [0.4, 0.5) is 4.79 Å². The molecular weight excluding hydrogens is 200 g/mol. The summed E-state index contributed by atoms with van der Waals surface area (Å²) in [5, 5.41) is 3.12. The fraction of sp³-hybridized carbons (Fsp3) is 0.923. The number of carbonyl (C=O) groups excluding carboxylic acids is 1. The minimum Gasteiger partial charge on any atom is -0.335 e. The molecule has 1 N–H and O–H groups in total. The van der Waals surface area contributed by atoms with Crippen molar-refractivity contribution in [2.45, 2.75) is 64.0 Å². The smallest absolute Gasteiger partial charge is 0.317 e. The number of urea groups is 1. The van der Waals surface area contributed by atoms with Crippen LogP contribution in [0.5, 0.6) is 0 Å². The molecule has 2 amide bonds. The number of nitrogens with zero attached hydrogens (tertiary/aromatic N) is 1. The molecule has 2 unspecified atom stereocenters. The van der Waals surface area contributed by atoms with Gasteiger partial charge in [-0.1, -0.05) is 19.8 Å². The van der Waals surface area contributed by atoms with Gasteiger partial charge in [-0.3, -0.25) is 0 Å².